The smallest absolute Gasteiger partial charge is 0.308 e. The van der Waals surface area contributed by atoms with Gasteiger partial charge in [0.25, 0.3) is 5.91 Å². The second-order valence-corrected chi connectivity index (χ2v) is 5.04. The first-order valence-electron chi connectivity index (χ1n) is 7.13. The molecule has 0 aliphatic carbocycles. The number of hydrogen-bond acceptors (Lipinski definition) is 4. The summed E-state index contributed by atoms with van der Waals surface area (Å²) in [5.41, 5.74) is 1.00. The first kappa shape index (κ1) is 17.7. The van der Waals surface area contributed by atoms with Crippen LogP contribution < -0.4 is 5.32 Å². The lowest BCUT2D eigenvalue weighted by molar-refractivity contribution is -0.158. The molecule has 1 atom stereocenters. The second kappa shape index (κ2) is 8.81. The second-order valence-electron chi connectivity index (χ2n) is 5.04. The van der Waals surface area contributed by atoms with Gasteiger partial charge in [-0.25, -0.2) is 0 Å². The molecule has 120 valence electrons. The highest BCUT2D eigenvalue weighted by Crippen LogP contribution is 2.06. The number of nitrogens with one attached hydrogen (secondary N) is 1. The van der Waals surface area contributed by atoms with E-state index in [2.05, 4.69) is 5.32 Å². The Bertz CT molecular complexity index is 516. The van der Waals surface area contributed by atoms with Crippen molar-refractivity contribution in [2.75, 3.05) is 13.6 Å². The fourth-order valence-corrected chi connectivity index (χ4v) is 1.89. The van der Waals surface area contributed by atoms with Crippen LogP contribution in [0.15, 0.2) is 30.3 Å². The van der Waals surface area contributed by atoms with Crippen molar-refractivity contribution in [3.8, 4) is 0 Å². The minimum Gasteiger partial charge on any atom is -0.452 e. The molecule has 0 radical (unpaired) electrons. The normalized spacial score (nSPS) is 11.4. The summed E-state index contributed by atoms with van der Waals surface area (Å²) in [4.78, 5) is 35.9. The van der Waals surface area contributed by atoms with E-state index in [0.29, 0.717) is 6.54 Å². The first-order chi connectivity index (χ1) is 10.4. The van der Waals surface area contributed by atoms with Gasteiger partial charge in [-0.15, -0.1) is 0 Å². The minimum atomic E-state index is -0.849. The maximum absolute atomic E-state index is 12.1. The zero-order valence-corrected chi connectivity index (χ0v) is 13.2. The van der Waals surface area contributed by atoms with E-state index in [0.717, 1.165) is 5.56 Å². The molecule has 0 saturated heterocycles. The van der Waals surface area contributed by atoms with E-state index in [4.69, 9.17) is 4.74 Å². The molecule has 0 spiro atoms. The van der Waals surface area contributed by atoms with Crippen molar-refractivity contribution >= 4 is 17.8 Å². The first-order valence-corrected chi connectivity index (χ1v) is 7.13. The van der Waals surface area contributed by atoms with Crippen molar-refractivity contribution in [3.63, 3.8) is 0 Å². The molecule has 2 amide bonds. The number of likely N-dealkylation sites (N-methyl/N-ethyl adjacent to an activating group) is 1. The summed E-state index contributed by atoms with van der Waals surface area (Å²) in [5.74, 6) is -0.987. The molecule has 0 saturated carbocycles. The summed E-state index contributed by atoms with van der Waals surface area (Å²) in [6, 6.07) is 9.56. The molecule has 0 aliphatic heterocycles. The standard InChI is InChI=1S/C16H22N2O4/c1-12(22-15(20)9-10-17-13(2)19)16(21)18(3)11-14-7-5-4-6-8-14/h4-8,12H,9-11H2,1-3H3,(H,17,19)/t12-/m0/s1. The van der Waals surface area contributed by atoms with Crippen LogP contribution >= 0.6 is 0 Å². The fraction of sp³-hybridized carbons (Fsp3) is 0.438. The number of hydrogen-bond donors (Lipinski definition) is 1. The van der Waals surface area contributed by atoms with Crippen LogP contribution in [-0.4, -0.2) is 42.4 Å². The van der Waals surface area contributed by atoms with E-state index in [-0.39, 0.29) is 24.8 Å². The van der Waals surface area contributed by atoms with Crippen LogP contribution in [0, 0.1) is 0 Å². The zero-order chi connectivity index (χ0) is 16.5. The van der Waals surface area contributed by atoms with Gasteiger partial charge < -0.3 is 15.0 Å². The molecule has 1 aromatic carbocycles. The van der Waals surface area contributed by atoms with Crippen LogP contribution in [0.1, 0.15) is 25.8 Å². The van der Waals surface area contributed by atoms with Crippen LogP contribution in [-0.2, 0) is 25.7 Å². The van der Waals surface area contributed by atoms with E-state index in [9.17, 15) is 14.4 Å². The molecule has 0 unspecified atom stereocenters. The number of nitrogens with zero attached hydrogens (tertiary/aromatic N) is 1. The van der Waals surface area contributed by atoms with E-state index < -0.39 is 12.1 Å². The van der Waals surface area contributed by atoms with Crippen molar-refractivity contribution in [2.45, 2.75) is 32.9 Å². The number of benzene rings is 1. The third kappa shape index (κ3) is 6.39. The minimum absolute atomic E-state index is 0.0413. The van der Waals surface area contributed by atoms with Gasteiger partial charge in [-0.05, 0) is 12.5 Å². The van der Waals surface area contributed by atoms with E-state index in [1.165, 1.54) is 11.8 Å². The Morgan fingerprint density at radius 2 is 1.86 bits per heavy atom. The predicted molar refractivity (Wildman–Crippen MR) is 81.8 cm³/mol. The Hall–Kier alpha value is -2.37. The van der Waals surface area contributed by atoms with Crippen LogP contribution in [0.4, 0.5) is 0 Å². The van der Waals surface area contributed by atoms with Gasteiger partial charge in [0.1, 0.15) is 0 Å². The largest absolute Gasteiger partial charge is 0.452 e. The van der Waals surface area contributed by atoms with Gasteiger partial charge in [0.15, 0.2) is 6.10 Å². The Kier molecular flexibility index (Phi) is 7.08. The number of rotatable bonds is 7. The van der Waals surface area contributed by atoms with Crippen molar-refractivity contribution in [1.82, 2.24) is 10.2 Å². The van der Waals surface area contributed by atoms with Crippen molar-refractivity contribution in [3.05, 3.63) is 35.9 Å². The number of amides is 2. The molecule has 1 aromatic rings. The third-order valence-corrected chi connectivity index (χ3v) is 3.00. The monoisotopic (exact) mass is 306 g/mol. The summed E-state index contributed by atoms with van der Waals surface area (Å²) in [5, 5.41) is 2.50. The number of ether oxygens (including phenoxy) is 1. The van der Waals surface area contributed by atoms with Gasteiger partial charge in [0.05, 0.1) is 6.42 Å². The molecule has 0 aliphatic rings. The van der Waals surface area contributed by atoms with Crippen LogP contribution in [0.5, 0.6) is 0 Å². The average molecular weight is 306 g/mol. The third-order valence-electron chi connectivity index (χ3n) is 3.00. The Balaban J connectivity index is 2.40. The summed E-state index contributed by atoms with van der Waals surface area (Å²) in [6.07, 6.45) is -0.807. The molecular formula is C16H22N2O4. The highest BCUT2D eigenvalue weighted by molar-refractivity contribution is 5.83. The molecule has 0 heterocycles. The van der Waals surface area contributed by atoms with E-state index in [1.807, 2.05) is 30.3 Å². The van der Waals surface area contributed by atoms with Crippen LogP contribution in [0.3, 0.4) is 0 Å². The van der Waals surface area contributed by atoms with Crippen molar-refractivity contribution < 1.29 is 19.1 Å². The lowest BCUT2D eigenvalue weighted by atomic mass is 10.2. The highest BCUT2D eigenvalue weighted by atomic mass is 16.5. The van der Waals surface area contributed by atoms with Gasteiger partial charge in [0.2, 0.25) is 5.91 Å². The summed E-state index contributed by atoms with van der Waals surface area (Å²) >= 11 is 0. The van der Waals surface area contributed by atoms with E-state index >= 15 is 0 Å². The lowest BCUT2D eigenvalue weighted by Gasteiger charge is -2.21. The summed E-state index contributed by atoms with van der Waals surface area (Å²) in [6.45, 7) is 3.57. The molecule has 6 heteroatoms. The maximum Gasteiger partial charge on any atom is 0.308 e. The summed E-state index contributed by atoms with van der Waals surface area (Å²) < 4.78 is 5.07. The SMILES string of the molecule is CC(=O)NCCC(=O)O[C@@H](C)C(=O)N(C)Cc1ccccc1. The van der Waals surface area contributed by atoms with Gasteiger partial charge >= 0.3 is 5.97 Å². The number of carbonyl (C=O) groups is 3. The topological polar surface area (TPSA) is 75.7 Å². The predicted octanol–water partition coefficient (Wildman–Crippen LogP) is 1.10. The maximum atomic E-state index is 12.1. The molecule has 1 N–H and O–H groups in total. The Labute approximate surface area is 130 Å². The molecule has 22 heavy (non-hydrogen) atoms. The Morgan fingerprint density at radius 1 is 1.23 bits per heavy atom. The zero-order valence-electron chi connectivity index (χ0n) is 13.2. The van der Waals surface area contributed by atoms with Crippen molar-refractivity contribution in [2.24, 2.45) is 0 Å². The molecule has 0 bridgehead atoms. The average Bonchev–Trinajstić information content (AvgIpc) is 2.46. The van der Waals surface area contributed by atoms with Gasteiger partial charge in [-0.2, -0.15) is 0 Å². The van der Waals surface area contributed by atoms with Gasteiger partial charge in [-0.3, -0.25) is 14.4 Å². The van der Waals surface area contributed by atoms with Gasteiger partial charge in [0, 0.05) is 27.1 Å². The molecule has 6 nitrogen and oxygen atoms in total. The number of esters is 1. The molecule has 0 aromatic heterocycles. The molecule has 0 fully saturated rings. The van der Waals surface area contributed by atoms with Crippen molar-refractivity contribution in [1.29, 1.82) is 0 Å². The van der Waals surface area contributed by atoms with E-state index in [1.54, 1.807) is 14.0 Å². The number of carbonyl (C=O) groups excluding carboxylic acids is 3. The summed E-state index contributed by atoms with van der Waals surface area (Å²) in [7, 11) is 1.66. The van der Waals surface area contributed by atoms with Crippen LogP contribution in [0.2, 0.25) is 0 Å². The lowest BCUT2D eigenvalue weighted by Crippen LogP contribution is -2.37. The Morgan fingerprint density at radius 3 is 2.45 bits per heavy atom. The molecular weight excluding hydrogens is 284 g/mol. The van der Waals surface area contributed by atoms with Gasteiger partial charge in [-0.1, -0.05) is 30.3 Å². The quantitative estimate of drug-likeness (QED) is 0.766. The highest BCUT2D eigenvalue weighted by Gasteiger charge is 2.21. The van der Waals surface area contributed by atoms with Crippen LogP contribution in [0.25, 0.3) is 0 Å². The molecule has 1 rings (SSSR count). The fourth-order valence-electron chi connectivity index (χ4n) is 1.89.